The Balaban J connectivity index is 1.88. The number of halogens is 1. The van der Waals surface area contributed by atoms with Crippen molar-refractivity contribution in [1.82, 2.24) is 20.1 Å². The molecule has 2 aromatic heterocycles. The molecule has 0 saturated heterocycles. The highest BCUT2D eigenvalue weighted by Gasteiger charge is 2.23. The van der Waals surface area contributed by atoms with E-state index in [1.165, 1.54) is 12.4 Å². The quantitative estimate of drug-likeness (QED) is 0.511. The lowest BCUT2D eigenvalue weighted by atomic mass is 10.0. The third kappa shape index (κ3) is 5.02. The number of carbonyl (C=O) groups excluding carboxylic acids is 1. The summed E-state index contributed by atoms with van der Waals surface area (Å²) in [4.78, 5) is 17.4. The molecule has 1 aromatic carbocycles. The molecule has 7 nitrogen and oxygen atoms in total. The number of aromatic nitrogens is 3. The van der Waals surface area contributed by atoms with E-state index in [-0.39, 0.29) is 16.8 Å². The minimum Gasteiger partial charge on any atom is -0.345 e. The predicted molar refractivity (Wildman–Crippen MR) is 125 cm³/mol. The van der Waals surface area contributed by atoms with E-state index in [1.807, 2.05) is 26.0 Å². The van der Waals surface area contributed by atoms with E-state index in [0.717, 1.165) is 12.1 Å². The molecule has 3 aromatic rings. The normalized spacial score (nSPS) is 12.7. The molecule has 0 aliphatic heterocycles. The largest absolute Gasteiger partial charge is 0.345 e. The first kappa shape index (κ1) is 23.9. The van der Waals surface area contributed by atoms with Crippen molar-refractivity contribution in [3.63, 3.8) is 0 Å². The number of carbonyl (C=O) groups is 1. The average Bonchev–Trinajstić information content (AvgIpc) is 3.15. The number of rotatable bonds is 8. The van der Waals surface area contributed by atoms with Crippen molar-refractivity contribution < 1.29 is 13.2 Å². The molecular formula is C23H27ClN4O3S. The number of nitrogens with one attached hydrogen (secondary N) is 1. The Morgan fingerprint density at radius 1 is 1.16 bits per heavy atom. The maximum Gasteiger partial charge on any atom is 0.255 e. The smallest absolute Gasteiger partial charge is 0.255 e. The van der Waals surface area contributed by atoms with Crippen molar-refractivity contribution in [3.8, 4) is 5.69 Å². The molecule has 0 fully saturated rings. The van der Waals surface area contributed by atoms with Crippen LogP contribution < -0.4 is 5.32 Å². The summed E-state index contributed by atoms with van der Waals surface area (Å²) in [7, 11) is -3.46. The van der Waals surface area contributed by atoms with Crippen molar-refractivity contribution in [2.24, 2.45) is 0 Å². The molecule has 3 rings (SSSR count). The molecule has 9 heteroatoms. The highest BCUT2D eigenvalue weighted by atomic mass is 35.5. The van der Waals surface area contributed by atoms with E-state index >= 15 is 0 Å². The summed E-state index contributed by atoms with van der Waals surface area (Å²) >= 11 is 5.96. The summed E-state index contributed by atoms with van der Waals surface area (Å²) in [6.07, 6.45) is 5.92. The third-order valence-electron chi connectivity index (χ3n) is 5.29. The fourth-order valence-corrected chi connectivity index (χ4v) is 4.55. The van der Waals surface area contributed by atoms with Gasteiger partial charge in [-0.3, -0.25) is 9.78 Å². The Morgan fingerprint density at radius 2 is 1.84 bits per heavy atom. The van der Waals surface area contributed by atoms with Gasteiger partial charge in [0.2, 0.25) is 0 Å². The van der Waals surface area contributed by atoms with Crippen molar-refractivity contribution in [1.29, 1.82) is 0 Å². The van der Waals surface area contributed by atoms with Crippen molar-refractivity contribution in [2.75, 3.05) is 0 Å². The summed E-state index contributed by atoms with van der Waals surface area (Å²) in [5, 5.41) is 7.44. The number of nitrogens with zero attached hydrogens (tertiary/aromatic N) is 3. The molecule has 32 heavy (non-hydrogen) atoms. The average molecular weight is 475 g/mol. The number of amides is 1. The minimum absolute atomic E-state index is 0.159. The van der Waals surface area contributed by atoms with Gasteiger partial charge in [0.05, 0.1) is 39.3 Å². The van der Waals surface area contributed by atoms with Gasteiger partial charge in [0.15, 0.2) is 9.84 Å². The first-order chi connectivity index (χ1) is 15.1. The Bertz CT molecular complexity index is 1200. The summed E-state index contributed by atoms with van der Waals surface area (Å²) in [5.41, 5.74) is 2.59. The van der Waals surface area contributed by atoms with Crippen LogP contribution in [0.1, 0.15) is 61.3 Å². The molecule has 1 N–H and O–H groups in total. The minimum atomic E-state index is -3.46. The van der Waals surface area contributed by atoms with E-state index in [2.05, 4.69) is 15.4 Å². The van der Waals surface area contributed by atoms with Gasteiger partial charge in [0.25, 0.3) is 5.91 Å². The molecule has 0 saturated carbocycles. The summed E-state index contributed by atoms with van der Waals surface area (Å²) < 4.78 is 26.8. The summed E-state index contributed by atoms with van der Waals surface area (Å²) in [5.74, 6) is -0.279. The second kappa shape index (κ2) is 9.83. The zero-order valence-corrected chi connectivity index (χ0v) is 20.1. The molecule has 0 spiro atoms. The third-order valence-corrected chi connectivity index (χ3v) is 7.67. The lowest BCUT2D eigenvalue weighted by Gasteiger charge is -2.19. The van der Waals surface area contributed by atoms with Crippen LogP contribution in [-0.4, -0.2) is 34.3 Å². The van der Waals surface area contributed by atoms with Gasteiger partial charge in [-0.1, -0.05) is 24.9 Å². The van der Waals surface area contributed by atoms with Gasteiger partial charge in [0, 0.05) is 17.4 Å². The van der Waals surface area contributed by atoms with Crippen LogP contribution in [0.3, 0.4) is 0 Å². The monoisotopic (exact) mass is 474 g/mol. The zero-order chi connectivity index (χ0) is 23.5. The Kier molecular flexibility index (Phi) is 7.36. The van der Waals surface area contributed by atoms with Gasteiger partial charge in [0.1, 0.15) is 0 Å². The van der Waals surface area contributed by atoms with Gasteiger partial charge in [-0.15, -0.1) is 0 Å². The highest BCUT2D eigenvalue weighted by Crippen LogP contribution is 2.24. The maximum absolute atomic E-state index is 13.1. The van der Waals surface area contributed by atoms with E-state index < -0.39 is 15.1 Å². The fraction of sp³-hybridized carbons (Fsp3) is 0.348. The van der Waals surface area contributed by atoms with Crippen LogP contribution in [0.2, 0.25) is 5.02 Å². The predicted octanol–water partition coefficient (Wildman–Crippen LogP) is 4.68. The van der Waals surface area contributed by atoms with Crippen molar-refractivity contribution in [3.05, 3.63) is 70.8 Å². The van der Waals surface area contributed by atoms with Crippen LogP contribution >= 0.6 is 11.6 Å². The van der Waals surface area contributed by atoms with Crippen LogP contribution in [0.25, 0.3) is 5.69 Å². The molecule has 2 heterocycles. The standard InChI is InChI=1S/C23H27ClN4O3S/c1-5-6-22(17-11-20(13-25-12-17)32(30,31)15(2)3)27-23(29)21-14-26-28(16(21)4)19-9-7-18(24)8-10-19/h7-15,22H,5-6H2,1-4H3,(H,27,29). The molecule has 0 bridgehead atoms. The van der Waals surface area contributed by atoms with Crippen LogP contribution in [0.15, 0.2) is 53.8 Å². The summed E-state index contributed by atoms with van der Waals surface area (Å²) in [6, 6.07) is 8.42. The van der Waals surface area contributed by atoms with Crippen LogP contribution in [0, 0.1) is 6.92 Å². The van der Waals surface area contributed by atoms with E-state index in [1.54, 1.807) is 42.9 Å². The molecule has 1 unspecified atom stereocenters. The number of pyridine rings is 1. The van der Waals surface area contributed by atoms with Crippen molar-refractivity contribution in [2.45, 2.75) is 56.7 Å². The van der Waals surface area contributed by atoms with Crippen LogP contribution in [0.4, 0.5) is 0 Å². The number of hydrogen-bond donors (Lipinski definition) is 1. The number of benzene rings is 1. The zero-order valence-electron chi connectivity index (χ0n) is 18.5. The topological polar surface area (TPSA) is 93.9 Å². The first-order valence-electron chi connectivity index (χ1n) is 10.5. The Hall–Kier alpha value is -2.71. The first-order valence-corrected chi connectivity index (χ1v) is 12.4. The highest BCUT2D eigenvalue weighted by molar-refractivity contribution is 7.92. The number of hydrogen-bond acceptors (Lipinski definition) is 5. The van der Waals surface area contributed by atoms with Gasteiger partial charge in [-0.05, 0) is 63.1 Å². The lowest BCUT2D eigenvalue weighted by Crippen LogP contribution is -2.29. The second-order valence-electron chi connectivity index (χ2n) is 7.89. The second-order valence-corrected chi connectivity index (χ2v) is 10.8. The molecule has 1 atom stereocenters. The SMILES string of the molecule is CCCC(NC(=O)c1cnn(-c2ccc(Cl)cc2)c1C)c1cncc(S(=O)(=O)C(C)C)c1. The van der Waals surface area contributed by atoms with Gasteiger partial charge >= 0.3 is 0 Å². The van der Waals surface area contributed by atoms with Gasteiger partial charge in [-0.2, -0.15) is 5.10 Å². The molecular weight excluding hydrogens is 448 g/mol. The van der Waals surface area contributed by atoms with E-state index in [9.17, 15) is 13.2 Å². The van der Waals surface area contributed by atoms with Crippen LogP contribution in [0.5, 0.6) is 0 Å². The number of sulfone groups is 1. The van der Waals surface area contributed by atoms with Gasteiger partial charge in [-0.25, -0.2) is 13.1 Å². The Morgan fingerprint density at radius 3 is 2.47 bits per heavy atom. The van der Waals surface area contributed by atoms with Gasteiger partial charge < -0.3 is 5.32 Å². The molecule has 0 radical (unpaired) electrons. The van der Waals surface area contributed by atoms with E-state index in [0.29, 0.717) is 28.3 Å². The molecule has 0 aliphatic carbocycles. The van der Waals surface area contributed by atoms with Crippen LogP contribution in [-0.2, 0) is 9.84 Å². The Labute approximate surface area is 193 Å². The summed E-state index contributed by atoms with van der Waals surface area (Å²) in [6.45, 7) is 7.09. The fourth-order valence-electron chi connectivity index (χ4n) is 3.38. The van der Waals surface area contributed by atoms with Crippen molar-refractivity contribution >= 4 is 27.3 Å². The molecule has 170 valence electrons. The van der Waals surface area contributed by atoms with E-state index in [4.69, 9.17) is 11.6 Å². The maximum atomic E-state index is 13.1. The lowest BCUT2D eigenvalue weighted by molar-refractivity contribution is 0.0933. The molecule has 1 amide bonds. The molecule has 0 aliphatic rings.